The number of halogens is 1. The second-order valence-corrected chi connectivity index (χ2v) is 7.37. The van der Waals surface area contributed by atoms with Crippen LogP contribution < -0.4 is 16.4 Å². The Bertz CT molecular complexity index is 1350. The Morgan fingerprint density at radius 3 is 2.34 bits per heavy atom. The maximum Gasteiger partial charge on any atom is 0.319 e. The van der Waals surface area contributed by atoms with Gasteiger partial charge in [-0.25, -0.2) is 9.78 Å². The zero-order chi connectivity index (χ0) is 22.7. The maximum absolute atomic E-state index is 13.2. The molecule has 7 nitrogen and oxygen atoms in total. The first-order valence-electron chi connectivity index (χ1n) is 9.58. The maximum atomic E-state index is 13.2. The fraction of sp³-hybridized carbons (Fsp3) is 0. The predicted molar refractivity (Wildman–Crippen MR) is 124 cm³/mol. The van der Waals surface area contributed by atoms with Gasteiger partial charge >= 0.3 is 6.03 Å². The summed E-state index contributed by atoms with van der Waals surface area (Å²) in [7, 11) is 0. The van der Waals surface area contributed by atoms with Crippen molar-refractivity contribution in [3.8, 4) is 11.3 Å². The molecular weight excluding hydrogens is 428 g/mol. The summed E-state index contributed by atoms with van der Waals surface area (Å²) in [5.74, 6) is -1.03. The number of hydrogen-bond acceptors (Lipinski definition) is 4. The number of benzene rings is 3. The van der Waals surface area contributed by atoms with Gasteiger partial charge in [-0.3, -0.25) is 14.9 Å². The number of pyridine rings is 1. The number of urea groups is 1. The van der Waals surface area contributed by atoms with Crippen LogP contribution in [0.25, 0.3) is 22.2 Å². The Labute approximate surface area is 188 Å². The van der Waals surface area contributed by atoms with Gasteiger partial charge in [-0.15, -0.1) is 0 Å². The molecule has 0 fully saturated rings. The zero-order valence-corrected chi connectivity index (χ0v) is 17.4. The molecule has 0 unspecified atom stereocenters. The molecular formula is C24H17ClN4O3. The summed E-state index contributed by atoms with van der Waals surface area (Å²) in [5, 5.41) is 6.09. The minimum Gasteiger partial charge on any atom is -0.351 e. The van der Waals surface area contributed by atoms with Crippen LogP contribution in [0.1, 0.15) is 20.7 Å². The highest BCUT2D eigenvalue weighted by Gasteiger charge is 2.15. The highest BCUT2D eigenvalue weighted by molar-refractivity contribution is 6.30. The van der Waals surface area contributed by atoms with Crippen molar-refractivity contribution in [1.82, 2.24) is 10.3 Å². The van der Waals surface area contributed by atoms with Crippen molar-refractivity contribution in [3.05, 3.63) is 95.0 Å². The van der Waals surface area contributed by atoms with Crippen LogP contribution >= 0.6 is 11.6 Å². The number of nitrogens with two attached hydrogens (primary N) is 1. The van der Waals surface area contributed by atoms with Gasteiger partial charge in [-0.2, -0.15) is 0 Å². The van der Waals surface area contributed by atoms with Crippen molar-refractivity contribution in [2.24, 2.45) is 5.73 Å². The number of nitrogens with zero attached hydrogens (tertiary/aromatic N) is 1. The van der Waals surface area contributed by atoms with E-state index in [2.05, 4.69) is 10.3 Å². The molecule has 158 valence electrons. The van der Waals surface area contributed by atoms with Gasteiger partial charge in [0.15, 0.2) is 0 Å². The molecule has 0 aliphatic carbocycles. The minimum atomic E-state index is -0.956. The predicted octanol–water partition coefficient (Wildman–Crippen LogP) is 4.62. The second-order valence-electron chi connectivity index (χ2n) is 6.93. The molecule has 4 amide bonds. The SMILES string of the molecule is NC(=O)NC(=O)c1cccc(NC(=O)c2cc(-c3ccc(Cl)cc3)nc3ccccc23)c1. The summed E-state index contributed by atoms with van der Waals surface area (Å²) in [6.45, 7) is 0. The van der Waals surface area contributed by atoms with Crippen molar-refractivity contribution in [2.75, 3.05) is 5.32 Å². The molecule has 3 aromatic carbocycles. The van der Waals surface area contributed by atoms with Gasteiger partial charge in [0, 0.05) is 27.2 Å². The number of para-hydroxylation sites is 1. The van der Waals surface area contributed by atoms with Crippen LogP contribution in [0.15, 0.2) is 78.9 Å². The quantitative estimate of drug-likeness (QED) is 0.426. The summed E-state index contributed by atoms with van der Waals surface area (Å²) in [4.78, 5) is 40.8. The Balaban J connectivity index is 1.70. The fourth-order valence-electron chi connectivity index (χ4n) is 3.25. The van der Waals surface area contributed by atoms with E-state index in [-0.39, 0.29) is 11.5 Å². The number of rotatable bonds is 4. The summed E-state index contributed by atoms with van der Waals surface area (Å²) >= 11 is 5.99. The summed E-state index contributed by atoms with van der Waals surface area (Å²) in [5.41, 5.74) is 8.10. The molecule has 0 aliphatic heterocycles. The third-order valence-corrected chi connectivity index (χ3v) is 4.97. The smallest absolute Gasteiger partial charge is 0.319 e. The molecule has 0 spiro atoms. The number of fused-ring (bicyclic) bond motifs is 1. The molecule has 1 aromatic heterocycles. The van der Waals surface area contributed by atoms with Crippen LogP contribution in [0, 0.1) is 0 Å². The van der Waals surface area contributed by atoms with Gasteiger partial charge in [-0.05, 0) is 42.5 Å². The highest BCUT2D eigenvalue weighted by Crippen LogP contribution is 2.26. The Hall–Kier alpha value is -4.23. The van der Waals surface area contributed by atoms with Crippen LogP contribution in [-0.2, 0) is 0 Å². The zero-order valence-electron chi connectivity index (χ0n) is 16.6. The van der Waals surface area contributed by atoms with Crippen molar-refractivity contribution in [1.29, 1.82) is 0 Å². The van der Waals surface area contributed by atoms with Crippen LogP contribution in [0.2, 0.25) is 5.02 Å². The highest BCUT2D eigenvalue weighted by atomic mass is 35.5. The van der Waals surface area contributed by atoms with Gasteiger partial charge in [0.05, 0.1) is 16.8 Å². The normalized spacial score (nSPS) is 10.5. The van der Waals surface area contributed by atoms with Gasteiger partial charge in [0.1, 0.15) is 0 Å². The summed E-state index contributed by atoms with van der Waals surface area (Å²) in [6.07, 6.45) is 0. The molecule has 0 radical (unpaired) electrons. The van der Waals surface area contributed by atoms with Crippen LogP contribution in [-0.4, -0.2) is 22.8 Å². The number of primary amides is 1. The van der Waals surface area contributed by atoms with Crippen molar-refractivity contribution < 1.29 is 14.4 Å². The average molecular weight is 445 g/mol. The Morgan fingerprint density at radius 1 is 0.844 bits per heavy atom. The van der Waals surface area contributed by atoms with E-state index in [1.165, 1.54) is 12.1 Å². The molecule has 4 N–H and O–H groups in total. The van der Waals surface area contributed by atoms with Crippen molar-refractivity contribution in [2.45, 2.75) is 0 Å². The topological polar surface area (TPSA) is 114 Å². The van der Waals surface area contributed by atoms with Crippen LogP contribution in [0.3, 0.4) is 0 Å². The van der Waals surface area contributed by atoms with E-state index in [4.69, 9.17) is 17.3 Å². The van der Waals surface area contributed by atoms with Gasteiger partial charge in [0.25, 0.3) is 11.8 Å². The Kier molecular flexibility index (Phi) is 5.83. The largest absolute Gasteiger partial charge is 0.351 e. The first-order chi connectivity index (χ1) is 15.4. The number of imide groups is 1. The fourth-order valence-corrected chi connectivity index (χ4v) is 3.38. The van der Waals surface area contributed by atoms with Crippen molar-refractivity contribution in [3.63, 3.8) is 0 Å². The molecule has 32 heavy (non-hydrogen) atoms. The monoisotopic (exact) mass is 444 g/mol. The first-order valence-corrected chi connectivity index (χ1v) is 9.96. The van der Waals surface area contributed by atoms with E-state index in [9.17, 15) is 14.4 Å². The minimum absolute atomic E-state index is 0.183. The van der Waals surface area contributed by atoms with Crippen LogP contribution in [0.5, 0.6) is 0 Å². The van der Waals surface area contributed by atoms with E-state index < -0.39 is 11.9 Å². The van der Waals surface area contributed by atoms with Gasteiger partial charge in [-0.1, -0.05) is 48.0 Å². The lowest BCUT2D eigenvalue weighted by Crippen LogP contribution is -2.34. The number of amides is 4. The van der Waals surface area contributed by atoms with E-state index in [1.54, 1.807) is 30.3 Å². The number of hydrogen-bond donors (Lipinski definition) is 3. The molecule has 1 heterocycles. The van der Waals surface area contributed by atoms with E-state index in [0.717, 1.165) is 5.56 Å². The molecule has 0 aliphatic rings. The lowest BCUT2D eigenvalue weighted by Gasteiger charge is -2.11. The third-order valence-electron chi connectivity index (χ3n) is 4.72. The van der Waals surface area contributed by atoms with Crippen molar-refractivity contribution >= 4 is 46.0 Å². The average Bonchev–Trinajstić information content (AvgIpc) is 2.78. The van der Waals surface area contributed by atoms with Crippen LogP contribution in [0.4, 0.5) is 10.5 Å². The number of nitrogens with one attached hydrogen (secondary N) is 2. The van der Waals surface area contributed by atoms with Gasteiger partial charge < -0.3 is 11.1 Å². The van der Waals surface area contributed by atoms with Gasteiger partial charge in [0.2, 0.25) is 0 Å². The molecule has 4 aromatic rings. The van der Waals surface area contributed by atoms with E-state index >= 15 is 0 Å². The first kappa shape index (κ1) is 21.0. The lowest BCUT2D eigenvalue weighted by atomic mass is 10.0. The lowest BCUT2D eigenvalue weighted by molar-refractivity contribution is 0.0964. The number of carbonyl (C=O) groups excluding carboxylic acids is 3. The number of carbonyl (C=O) groups is 3. The summed E-state index contributed by atoms with van der Waals surface area (Å²) < 4.78 is 0. The molecule has 0 saturated carbocycles. The summed E-state index contributed by atoms with van der Waals surface area (Å²) in [6, 6.07) is 21.5. The second kappa shape index (κ2) is 8.87. The van der Waals surface area contributed by atoms with E-state index in [1.807, 2.05) is 41.7 Å². The van der Waals surface area contributed by atoms with E-state index in [0.29, 0.717) is 32.9 Å². The third kappa shape index (κ3) is 4.58. The molecule has 0 saturated heterocycles. The Morgan fingerprint density at radius 2 is 1.59 bits per heavy atom. The standard InChI is InChI=1S/C24H17ClN4O3/c25-16-10-8-14(9-11-16)21-13-19(18-6-1-2-7-20(18)28-21)23(31)27-17-5-3-4-15(12-17)22(30)29-24(26)32/h1-13H,(H,27,31)(H3,26,29,30,32). The number of aromatic nitrogens is 1. The molecule has 4 rings (SSSR count). The molecule has 0 atom stereocenters. The molecule has 0 bridgehead atoms. The molecule has 8 heteroatoms. The number of anilines is 1.